The molecule has 5 nitrogen and oxygen atoms in total. The number of carbonyl (C=O) groups excluding carboxylic acids is 1. The minimum Gasteiger partial charge on any atom is -0.328 e. The zero-order chi connectivity index (χ0) is 27.5. The Morgan fingerprint density at radius 2 is 1.62 bits per heavy atom. The lowest BCUT2D eigenvalue weighted by Crippen LogP contribution is -2.49. The summed E-state index contributed by atoms with van der Waals surface area (Å²) in [5, 5.41) is 3.15. The number of carbonyl (C=O) groups is 1. The lowest BCUT2D eigenvalue weighted by Gasteiger charge is -2.42. The molecule has 2 heterocycles. The zero-order valence-electron chi connectivity index (χ0n) is 23.0. The van der Waals surface area contributed by atoms with E-state index in [-0.39, 0.29) is 19.0 Å². The van der Waals surface area contributed by atoms with Gasteiger partial charge in [0.05, 0.1) is 18.3 Å². The third kappa shape index (κ3) is 6.12. The first-order chi connectivity index (χ1) is 18.7. The molecule has 2 unspecified atom stereocenters. The largest absolute Gasteiger partial charge is 0.328 e. The minimum absolute atomic E-state index is 0.00543. The Hall–Kier alpha value is -3.77. The number of hydrogen-bond acceptors (Lipinski definition) is 3. The van der Waals surface area contributed by atoms with Crippen LogP contribution in [0.4, 0.5) is 4.39 Å². The van der Waals surface area contributed by atoms with Gasteiger partial charge in [-0.05, 0) is 36.1 Å². The van der Waals surface area contributed by atoms with Gasteiger partial charge in [0, 0.05) is 30.4 Å². The van der Waals surface area contributed by atoms with Crippen molar-refractivity contribution < 1.29 is 9.18 Å². The molecule has 0 radical (unpaired) electrons. The van der Waals surface area contributed by atoms with Crippen LogP contribution in [0.25, 0.3) is 11.3 Å². The third-order valence-electron chi connectivity index (χ3n) is 7.38. The van der Waals surface area contributed by atoms with Crippen molar-refractivity contribution in [3.8, 4) is 11.3 Å². The third-order valence-corrected chi connectivity index (χ3v) is 7.38. The van der Waals surface area contributed by atoms with Crippen LogP contribution in [0.5, 0.6) is 0 Å². The van der Waals surface area contributed by atoms with Crippen LogP contribution in [-0.4, -0.2) is 45.7 Å². The first kappa shape index (κ1) is 26.8. The highest BCUT2D eigenvalue weighted by atomic mass is 19.1. The molecule has 0 aliphatic carbocycles. The summed E-state index contributed by atoms with van der Waals surface area (Å²) in [5.74, 6) is 0.569. The van der Waals surface area contributed by atoms with E-state index in [2.05, 4.69) is 49.0 Å². The van der Waals surface area contributed by atoms with E-state index in [1.54, 1.807) is 17.0 Å². The maximum absolute atomic E-state index is 16.1. The fraction of sp³-hybridized carbons (Fsp3) is 0.333. The molecule has 4 aromatic rings. The molecule has 1 fully saturated rings. The standard InChI is InChI=1S/C33H37FN4O/c1-32(2,3)29(38(24-33(34)19-20-35-23-33)31(39)27-17-11-6-12-18-27)30-36-28(26-15-9-5-10-16-26)22-37(30)21-25-13-7-4-8-14-25/h4-18,22,29,35H,19-21,23-24H2,1-3H3. The van der Waals surface area contributed by atoms with Crippen molar-refractivity contribution in [3.63, 3.8) is 0 Å². The molecule has 0 spiro atoms. The molecule has 3 aromatic carbocycles. The molecule has 1 aromatic heterocycles. The van der Waals surface area contributed by atoms with Crippen LogP contribution in [0.15, 0.2) is 97.2 Å². The summed E-state index contributed by atoms with van der Waals surface area (Å²) in [6.07, 6.45) is 2.43. The number of benzene rings is 3. The van der Waals surface area contributed by atoms with Gasteiger partial charge in [-0.3, -0.25) is 4.79 Å². The predicted molar refractivity (Wildman–Crippen MR) is 154 cm³/mol. The summed E-state index contributed by atoms with van der Waals surface area (Å²) in [6.45, 7) is 7.73. The summed E-state index contributed by atoms with van der Waals surface area (Å²) < 4.78 is 18.3. The molecule has 2 atom stereocenters. The van der Waals surface area contributed by atoms with Crippen LogP contribution in [0, 0.1) is 5.41 Å². The van der Waals surface area contributed by atoms with Crippen LogP contribution in [-0.2, 0) is 6.54 Å². The number of nitrogens with zero attached hydrogens (tertiary/aromatic N) is 3. The number of imidazole rings is 1. The number of nitrogens with one attached hydrogen (secondary N) is 1. The average molecular weight is 525 g/mol. The van der Waals surface area contributed by atoms with E-state index < -0.39 is 17.1 Å². The fourth-order valence-corrected chi connectivity index (χ4v) is 5.48. The van der Waals surface area contributed by atoms with Gasteiger partial charge in [0.1, 0.15) is 11.5 Å². The SMILES string of the molecule is CC(C)(C)C(c1nc(-c2ccccc2)cn1Cc1ccccc1)N(CC1(F)CCNC1)C(=O)c1ccccc1. The molecule has 1 aliphatic heterocycles. The summed E-state index contributed by atoms with van der Waals surface area (Å²) >= 11 is 0. The highest BCUT2D eigenvalue weighted by Gasteiger charge is 2.44. The second-order valence-corrected chi connectivity index (χ2v) is 11.6. The number of aromatic nitrogens is 2. The molecular weight excluding hydrogens is 487 g/mol. The van der Waals surface area contributed by atoms with Crippen molar-refractivity contribution >= 4 is 5.91 Å². The van der Waals surface area contributed by atoms with Crippen LogP contribution >= 0.6 is 0 Å². The van der Waals surface area contributed by atoms with E-state index in [9.17, 15) is 4.79 Å². The van der Waals surface area contributed by atoms with Crippen molar-refractivity contribution in [2.45, 2.75) is 45.4 Å². The average Bonchev–Trinajstić information content (AvgIpc) is 3.55. The molecule has 1 aliphatic rings. The Morgan fingerprint density at radius 1 is 1.00 bits per heavy atom. The fourth-order valence-electron chi connectivity index (χ4n) is 5.48. The first-order valence-electron chi connectivity index (χ1n) is 13.7. The summed E-state index contributed by atoms with van der Waals surface area (Å²) in [5.41, 5.74) is 1.58. The smallest absolute Gasteiger partial charge is 0.254 e. The number of rotatable bonds is 8. The van der Waals surface area contributed by atoms with Gasteiger partial charge in [0.15, 0.2) is 0 Å². The van der Waals surface area contributed by atoms with Crippen molar-refractivity contribution in [1.29, 1.82) is 0 Å². The molecule has 39 heavy (non-hydrogen) atoms. The highest BCUT2D eigenvalue weighted by Crippen LogP contribution is 2.41. The van der Waals surface area contributed by atoms with E-state index >= 15 is 4.39 Å². The van der Waals surface area contributed by atoms with Crippen LogP contribution in [0.1, 0.15) is 55.0 Å². The van der Waals surface area contributed by atoms with Gasteiger partial charge in [0.2, 0.25) is 0 Å². The second-order valence-electron chi connectivity index (χ2n) is 11.6. The number of hydrogen-bond donors (Lipinski definition) is 1. The minimum atomic E-state index is -1.51. The van der Waals surface area contributed by atoms with Gasteiger partial charge in [0.25, 0.3) is 5.91 Å². The van der Waals surface area contributed by atoms with Gasteiger partial charge < -0.3 is 14.8 Å². The molecule has 0 bridgehead atoms. The Kier molecular flexibility index (Phi) is 7.67. The predicted octanol–water partition coefficient (Wildman–Crippen LogP) is 6.53. The lowest BCUT2D eigenvalue weighted by molar-refractivity contribution is 0.0241. The van der Waals surface area contributed by atoms with Crippen LogP contribution < -0.4 is 5.32 Å². The highest BCUT2D eigenvalue weighted by molar-refractivity contribution is 5.94. The van der Waals surface area contributed by atoms with Crippen LogP contribution in [0.2, 0.25) is 0 Å². The first-order valence-corrected chi connectivity index (χ1v) is 13.7. The normalized spacial score (nSPS) is 18.2. The van der Waals surface area contributed by atoms with E-state index in [1.165, 1.54) is 0 Å². The number of halogens is 1. The maximum atomic E-state index is 16.1. The van der Waals surface area contributed by atoms with E-state index in [0.717, 1.165) is 22.6 Å². The topological polar surface area (TPSA) is 50.2 Å². The van der Waals surface area contributed by atoms with Gasteiger partial charge >= 0.3 is 0 Å². The van der Waals surface area contributed by atoms with Crippen molar-refractivity contribution in [1.82, 2.24) is 19.8 Å². The molecule has 1 saturated heterocycles. The van der Waals surface area contributed by atoms with E-state index in [4.69, 9.17) is 4.98 Å². The summed E-state index contributed by atoms with van der Waals surface area (Å²) in [4.78, 5) is 21.1. The van der Waals surface area contributed by atoms with Gasteiger partial charge in [-0.2, -0.15) is 0 Å². The van der Waals surface area contributed by atoms with Gasteiger partial charge in [-0.15, -0.1) is 0 Å². The van der Waals surface area contributed by atoms with Crippen molar-refractivity contribution in [2.24, 2.45) is 5.41 Å². The van der Waals surface area contributed by atoms with Gasteiger partial charge in [-0.25, -0.2) is 9.37 Å². The lowest BCUT2D eigenvalue weighted by atomic mass is 9.83. The summed E-state index contributed by atoms with van der Waals surface area (Å²) in [6, 6.07) is 29.0. The monoisotopic (exact) mass is 524 g/mol. The summed E-state index contributed by atoms with van der Waals surface area (Å²) in [7, 11) is 0. The zero-order valence-corrected chi connectivity index (χ0v) is 23.0. The Balaban J connectivity index is 1.66. The van der Waals surface area contributed by atoms with Gasteiger partial charge in [-0.1, -0.05) is 99.6 Å². The quantitative estimate of drug-likeness (QED) is 0.285. The van der Waals surface area contributed by atoms with Crippen molar-refractivity contribution in [2.75, 3.05) is 19.6 Å². The molecule has 6 heteroatoms. The molecular formula is C33H37FN4O. The number of alkyl halides is 1. The van der Waals surface area contributed by atoms with E-state index in [1.807, 2.05) is 66.7 Å². The molecule has 1 amide bonds. The molecule has 1 N–H and O–H groups in total. The Labute approximate surface area is 230 Å². The van der Waals surface area contributed by atoms with Crippen molar-refractivity contribution in [3.05, 3.63) is 114 Å². The maximum Gasteiger partial charge on any atom is 0.254 e. The Bertz CT molecular complexity index is 1370. The second kappa shape index (κ2) is 11.1. The number of amides is 1. The Morgan fingerprint density at radius 3 is 2.21 bits per heavy atom. The molecule has 5 rings (SSSR count). The van der Waals surface area contributed by atoms with Crippen LogP contribution in [0.3, 0.4) is 0 Å². The molecule has 0 saturated carbocycles. The van der Waals surface area contributed by atoms with E-state index in [0.29, 0.717) is 25.1 Å². The molecule has 202 valence electrons.